The number of para-hydroxylation sites is 2. The van der Waals surface area contributed by atoms with Crippen LogP contribution in [0, 0.1) is 6.92 Å². The molecule has 3 amide bonds. The fraction of sp³-hybridized carbons (Fsp3) is 0.423. The maximum atomic E-state index is 13.5. The molecule has 33 heavy (non-hydrogen) atoms. The van der Waals surface area contributed by atoms with Gasteiger partial charge in [-0.1, -0.05) is 55.8 Å². The highest BCUT2D eigenvalue weighted by molar-refractivity contribution is 5.98. The quantitative estimate of drug-likeness (QED) is 0.641. The monoisotopic (exact) mass is 451 g/mol. The SMILES string of the molecule is CCC(CC)NC(=O)C1CN(C(=O)CC(NC(C)=O)c2ccc(C)cc2)c2ccccc2O1. The van der Waals surface area contributed by atoms with Crippen LogP contribution in [0.4, 0.5) is 5.69 Å². The molecule has 1 aliphatic rings. The summed E-state index contributed by atoms with van der Waals surface area (Å²) in [6.45, 7) is 7.58. The molecule has 7 heteroatoms. The molecule has 2 N–H and O–H groups in total. The first-order chi connectivity index (χ1) is 15.8. The first kappa shape index (κ1) is 24.3. The van der Waals surface area contributed by atoms with E-state index in [1.807, 2.05) is 63.2 Å². The Kier molecular flexibility index (Phi) is 8.09. The molecule has 0 bridgehead atoms. The number of anilines is 1. The van der Waals surface area contributed by atoms with Crippen LogP contribution in [0.3, 0.4) is 0 Å². The molecule has 1 heterocycles. The Morgan fingerprint density at radius 1 is 1.03 bits per heavy atom. The standard InChI is InChI=1S/C26H33N3O4/c1-5-20(6-2)28-26(32)24-16-29(22-9-7-8-10-23(22)33-24)25(31)15-21(27-18(4)30)19-13-11-17(3)12-14-19/h7-14,20-21,24H,5-6,15-16H2,1-4H3,(H,27,30)(H,28,32). The van der Waals surface area contributed by atoms with E-state index in [2.05, 4.69) is 10.6 Å². The van der Waals surface area contributed by atoms with Gasteiger partial charge in [0.25, 0.3) is 5.91 Å². The van der Waals surface area contributed by atoms with Gasteiger partial charge in [-0.3, -0.25) is 14.4 Å². The van der Waals surface area contributed by atoms with Gasteiger partial charge in [-0.05, 0) is 37.5 Å². The lowest BCUT2D eigenvalue weighted by atomic mass is 10.0. The number of aryl methyl sites for hydroxylation is 1. The van der Waals surface area contributed by atoms with Crippen molar-refractivity contribution in [2.45, 2.75) is 65.1 Å². The van der Waals surface area contributed by atoms with E-state index in [1.54, 1.807) is 11.0 Å². The van der Waals surface area contributed by atoms with Crippen LogP contribution < -0.4 is 20.3 Å². The highest BCUT2D eigenvalue weighted by Crippen LogP contribution is 2.34. The zero-order valence-corrected chi connectivity index (χ0v) is 19.8. The van der Waals surface area contributed by atoms with Crippen LogP contribution in [-0.2, 0) is 14.4 Å². The second-order valence-electron chi connectivity index (χ2n) is 8.47. The lowest BCUT2D eigenvalue weighted by molar-refractivity contribution is -0.129. The Balaban J connectivity index is 1.83. The molecule has 0 spiro atoms. The van der Waals surface area contributed by atoms with Gasteiger partial charge >= 0.3 is 0 Å². The third-order valence-electron chi connectivity index (χ3n) is 5.94. The minimum atomic E-state index is -0.803. The van der Waals surface area contributed by atoms with E-state index < -0.39 is 12.1 Å². The Labute approximate surface area is 195 Å². The van der Waals surface area contributed by atoms with Crippen LogP contribution in [0.25, 0.3) is 0 Å². The highest BCUT2D eigenvalue weighted by atomic mass is 16.5. The summed E-state index contributed by atoms with van der Waals surface area (Å²) in [6.07, 6.45) is 0.910. The smallest absolute Gasteiger partial charge is 0.263 e. The fourth-order valence-corrected chi connectivity index (χ4v) is 3.98. The van der Waals surface area contributed by atoms with Crippen LogP contribution in [0.2, 0.25) is 0 Å². The number of nitrogens with one attached hydrogen (secondary N) is 2. The van der Waals surface area contributed by atoms with Crippen molar-refractivity contribution >= 4 is 23.4 Å². The molecule has 1 aliphatic heterocycles. The van der Waals surface area contributed by atoms with Crippen molar-refractivity contribution in [1.29, 1.82) is 0 Å². The first-order valence-corrected chi connectivity index (χ1v) is 11.5. The molecule has 2 atom stereocenters. The Morgan fingerprint density at radius 3 is 2.33 bits per heavy atom. The zero-order valence-electron chi connectivity index (χ0n) is 19.8. The molecule has 0 radical (unpaired) electrons. The van der Waals surface area contributed by atoms with E-state index in [-0.39, 0.29) is 36.7 Å². The number of fused-ring (bicyclic) bond motifs is 1. The number of ether oxygens (including phenoxy) is 1. The van der Waals surface area contributed by atoms with Gasteiger partial charge in [-0.2, -0.15) is 0 Å². The van der Waals surface area contributed by atoms with Crippen LogP contribution in [0.5, 0.6) is 5.75 Å². The van der Waals surface area contributed by atoms with Crippen LogP contribution in [0.1, 0.15) is 57.2 Å². The molecule has 2 aromatic carbocycles. The summed E-state index contributed by atoms with van der Waals surface area (Å²) in [5.74, 6) is -0.134. The van der Waals surface area contributed by atoms with Crippen molar-refractivity contribution in [3.63, 3.8) is 0 Å². The summed E-state index contributed by atoms with van der Waals surface area (Å²) in [5.41, 5.74) is 2.58. The Morgan fingerprint density at radius 2 is 1.70 bits per heavy atom. The number of amides is 3. The molecule has 176 valence electrons. The van der Waals surface area contributed by atoms with Gasteiger partial charge in [0, 0.05) is 13.0 Å². The van der Waals surface area contributed by atoms with Crippen molar-refractivity contribution in [2.75, 3.05) is 11.4 Å². The summed E-state index contributed by atoms with van der Waals surface area (Å²) in [7, 11) is 0. The summed E-state index contributed by atoms with van der Waals surface area (Å²) in [4.78, 5) is 39.8. The largest absolute Gasteiger partial charge is 0.477 e. The van der Waals surface area contributed by atoms with Crippen molar-refractivity contribution in [3.05, 3.63) is 59.7 Å². The first-order valence-electron chi connectivity index (χ1n) is 11.5. The molecule has 0 saturated carbocycles. The summed E-state index contributed by atoms with van der Waals surface area (Å²) in [6, 6.07) is 14.6. The maximum absolute atomic E-state index is 13.5. The molecule has 3 rings (SSSR count). The number of benzene rings is 2. The van der Waals surface area contributed by atoms with Crippen molar-refractivity contribution in [1.82, 2.24) is 10.6 Å². The average Bonchev–Trinajstić information content (AvgIpc) is 2.81. The lowest BCUT2D eigenvalue weighted by Gasteiger charge is -2.35. The van der Waals surface area contributed by atoms with Crippen LogP contribution >= 0.6 is 0 Å². The minimum absolute atomic E-state index is 0.0631. The van der Waals surface area contributed by atoms with E-state index in [1.165, 1.54) is 6.92 Å². The minimum Gasteiger partial charge on any atom is -0.477 e. The van der Waals surface area contributed by atoms with Crippen molar-refractivity contribution < 1.29 is 19.1 Å². The van der Waals surface area contributed by atoms with Crippen molar-refractivity contribution in [3.8, 4) is 5.75 Å². The van der Waals surface area contributed by atoms with Gasteiger partial charge in [-0.25, -0.2) is 0 Å². The highest BCUT2D eigenvalue weighted by Gasteiger charge is 2.35. The molecule has 2 aromatic rings. The van der Waals surface area contributed by atoms with Crippen molar-refractivity contribution in [2.24, 2.45) is 0 Å². The number of hydrogen-bond acceptors (Lipinski definition) is 4. The molecule has 7 nitrogen and oxygen atoms in total. The van der Waals surface area contributed by atoms with E-state index in [9.17, 15) is 14.4 Å². The molecule has 0 aliphatic carbocycles. The average molecular weight is 452 g/mol. The summed E-state index contributed by atoms with van der Waals surface area (Å²) < 4.78 is 5.96. The van der Waals surface area contributed by atoms with E-state index in [0.717, 1.165) is 24.0 Å². The number of hydrogen-bond donors (Lipinski definition) is 2. The molecule has 0 aromatic heterocycles. The third kappa shape index (κ3) is 6.12. The number of nitrogens with zero attached hydrogens (tertiary/aromatic N) is 1. The van der Waals surface area contributed by atoms with Crippen LogP contribution in [-0.4, -0.2) is 36.4 Å². The van der Waals surface area contributed by atoms with Gasteiger partial charge in [0.15, 0.2) is 6.10 Å². The number of carbonyl (C=O) groups is 3. The Hall–Kier alpha value is -3.35. The lowest BCUT2D eigenvalue weighted by Crippen LogP contribution is -2.52. The number of carbonyl (C=O) groups excluding carboxylic acids is 3. The molecule has 2 unspecified atom stereocenters. The number of rotatable bonds is 8. The molecule has 0 saturated heterocycles. The maximum Gasteiger partial charge on any atom is 0.263 e. The molecule has 0 fully saturated rings. The van der Waals surface area contributed by atoms with Gasteiger partial charge in [0.05, 0.1) is 24.7 Å². The summed E-state index contributed by atoms with van der Waals surface area (Å²) in [5, 5.41) is 5.90. The van der Waals surface area contributed by atoms with Gasteiger partial charge in [0.2, 0.25) is 11.8 Å². The summed E-state index contributed by atoms with van der Waals surface area (Å²) >= 11 is 0. The normalized spacial score (nSPS) is 15.9. The second kappa shape index (κ2) is 11.0. The molecular formula is C26H33N3O4. The van der Waals surface area contributed by atoms with Crippen LogP contribution in [0.15, 0.2) is 48.5 Å². The Bertz CT molecular complexity index is 985. The van der Waals surface area contributed by atoms with E-state index in [0.29, 0.717) is 11.4 Å². The second-order valence-corrected chi connectivity index (χ2v) is 8.47. The van der Waals surface area contributed by atoms with Gasteiger partial charge in [-0.15, -0.1) is 0 Å². The topological polar surface area (TPSA) is 87.7 Å². The zero-order chi connectivity index (χ0) is 24.0. The van der Waals surface area contributed by atoms with Gasteiger partial charge < -0.3 is 20.3 Å². The van der Waals surface area contributed by atoms with Gasteiger partial charge in [0.1, 0.15) is 5.75 Å². The van der Waals surface area contributed by atoms with E-state index in [4.69, 9.17) is 4.74 Å². The third-order valence-corrected chi connectivity index (χ3v) is 5.94. The molecular weight excluding hydrogens is 418 g/mol. The fourth-order valence-electron chi connectivity index (χ4n) is 3.98. The van der Waals surface area contributed by atoms with E-state index >= 15 is 0 Å². The predicted molar refractivity (Wildman–Crippen MR) is 128 cm³/mol. The predicted octanol–water partition coefficient (Wildman–Crippen LogP) is 3.66.